The highest BCUT2D eigenvalue weighted by atomic mass is 16.4. The zero-order chi connectivity index (χ0) is 16.2. The summed E-state index contributed by atoms with van der Waals surface area (Å²) in [6.45, 7) is 3.77. The molecule has 0 spiro atoms. The molecule has 0 saturated heterocycles. The zero-order valence-corrected chi connectivity index (χ0v) is 12.6. The second kappa shape index (κ2) is 6.43. The first-order valence-electron chi connectivity index (χ1n) is 6.96. The Morgan fingerprint density at radius 2 is 1.95 bits per heavy atom. The fourth-order valence-electron chi connectivity index (χ4n) is 1.82. The number of hydrogen-bond acceptors (Lipinski definition) is 3. The Hall–Kier alpha value is -2.63. The minimum absolute atomic E-state index is 0.0605. The van der Waals surface area contributed by atoms with Gasteiger partial charge < -0.3 is 10.4 Å². The van der Waals surface area contributed by atoms with Crippen LogP contribution in [0.2, 0.25) is 0 Å². The van der Waals surface area contributed by atoms with Crippen LogP contribution < -0.4 is 5.32 Å². The van der Waals surface area contributed by atoms with Crippen molar-refractivity contribution in [2.24, 2.45) is 5.41 Å². The molecule has 2 rings (SSSR count). The number of nitrogens with one attached hydrogen (secondary N) is 1. The SMILES string of the molecule is CC(C)(CNC(=O)c1cnn(Cc2ccccc2)c1)C(=O)O. The van der Waals surface area contributed by atoms with E-state index in [4.69, 9.17) is 5.11 Å². The van der Waals surface area contributed by atoms with Gasteiger partial charge in [0.15, 0.2) is 0 Å². The number of benzene rings is 1. The maximum atomic E-state index is 12.0. The van der Waals surface area contributed by atoms with Gasteiger partial charge in [-0.25, -0.2) is 0 Å². The lowest BCUT2D eigenvalue weighted by Gasteiger charge is -2.19. The zero-order valence-electron chi connectivity index (χ0n) is 12.6. The van der Waals surface area contributed by atoms with E-state index < -0.39 is 11.4 Å². The van der Waals surface area contributed by atoms with E-state index in [0.717, 1.165) is 5.56 Å². The average Bonchev–Trinajstić information content (AvgIpc) is 2.94. The Bertz CT molecular complexity index is 662. The summed E-state index contributed by atoms with van der Waals surface area (Å²) < 4.78 is 1.67. The molecule has 0 aliphatic heterocycles. The number of carbonyl (C=O) groups is 2. The van der Waals surface area contributed by atoms with Crippen molar-refractivity contribution in [2.75, 3.05) is 6.54 Å². The van der Waals surface area contributed by atoms with Crippen molar-refractivity contribution in [1.29, 1.82) is 0 Å². The van der Waals surface area contributed by atoms with Crippen molar-refractivity contribution in [2.45, 2.75) is 20.4 Å². The van der Waals surface area contributed by atoms with Crippen molar-refractivity contribution < 1.29 is 14.7 Å². The largest absolute Gasteiger partial charge is 0.481 e. The Kier molecular flexibility index (Phi) is 4.60. The van der Waals surface area contributed by atoms with Crippen LogP contribution in [0.4, 0.5) is 0 Å². The Labute approximate surface area is 128 Å². The third kappa shape index (κ3) is 3.94. The van der Waals surface area contributed by atoms with Crippen molar-refractivity contribution in [3.8, 4) is 0 Å². The Morgan fingerprint density at radius 1 is 1.27 bits per heavy atom. The van der Waals surface area contributed by atoms with E-state index in [2.05, 4.69) is 10.4 Å². The van der Waals surface area contributed by atoms with E-state index in [0.29, 0.717) is 12.1 Å². The summed E-state index contributed by atoms with van der Waals surface area (Å²) in [7, 11) is 0. The summed E-state index contributed by atoms with van der Waals surface area (Å²) in [6.07, 6.45) is 3.13. The normalized spacial score (nSPS) is 11.2. The number of carboxylic acid groups (broad SMARTS) is 1. The van der Waals surface area contributed by atoms with Crippen LogP contribution in [0.1, 0.15) is 29.8 Å². The van der Waals surface area contributed by atoms with E-state index in [-0.39, 0.29) is 12.5 Å². The lowest BCUT2D eigenvalue weighted by molar-refractivity contribution is -0.146. The van der Waals surface area contributed by atoms with Gasteiger partial charge >= 0.3 is 5.97 Å². The van der Waals surface area contributed by atoms with Crippen molar-refractivity contribution in [3.05, 3.63) is 53.9 Å². The van der Waals surface area contributed by atoms with Crippen LogP contribution in [0, 0.1) is 5.41 Å². The molecule has 22 heavy (non-hydrogen) atoms. The molecule has 116 valence electrons. The van der Waals surface area contributed by atoms with Gasteiger partial charge in [0.05, 0.1) is 23.7 Å². The van der Waals surface area contributed by atoms with Crippen LogP contribution in [0.3, 0.4) is 0 Å². The van der Waals surface area contributed by atoms with Gasteiger partial charge in [-0.05, 0) is 19.4 Å². The van der Waals surface area contributed by atoms with E-state index in [1.807, 2.05) is 30.3 Å². The number of hydrogen-bond donors (Lipinski definition) is 2. The quantitative estimate of drug-likeness (QED) is 0.851. The van der Waals surface area contributed by atoms with Crippen LogP contribution in [0.25, 0.3) is 0 Å². The minimum Gasteiger partial charge on any atom is -0.481 e. The monoisotopic (exact) mass is 301 g/mol. The minimum atomic E-state index is -1.00. The Balaban J connectivity index is 1.96. The van der Waals surface area contributed by atoms with Gasteiger partial charge in [-0.1, -0.05) is 30.3 Å². The third-order valence-electron chi connectivity index (χ3n) is 3.35. The van der Waals surface area contributed by atoms with Gasteiger partial charge in [0.1, 0.15) is 0 Å². The maximum Gasteiger partial charge on any atom is 0.310 e. The van der Waals surface area contributed by atoms with E-state index >= 15 is 0 Å². The van der Waals surface area contributed by atoms with Crippen LogP contribution in [0.15, 0.2) is 42.7 Å². The van der Waals surface area contributed by atoms with Gasteiger partial charge in [0, 0.05) is 12.7 Å². The first-order valence-corrected chi connectivity index (χ1v) is 6.96. The van der Waals surface area contributed by atoms with E-state index in [9.17, 15) is 9.59 Å². The smallest absolute Gasteiger partial charge is 0.310 e. The summed E-state index contributed by atoms with van der Waals surface area (Å²) in [5.74, 6) is -1.28. The predicted molar refractivity (Wildman–Crippen MR) is 81.5 cm³/mol. The molecule has 1 aromatic heterocycles. The Morgan fingerprint density at radius 3 is 2.59 bits per heavy atom. The summed E-state index contributed by atoms with van der Waals surface area (Å²) in [5, 5.41) is 15.8. The number of nitrogens with zero attached hydrogens (tertiary/aromatic N) is 2. The highest BCUT2D eigenvalue weighted by molar-refractivity contribution is 5.94. The number of amides is 1. The molecule has 0 fully saturated rings. The topological polar surface area (TPSA) is 84.2 Å². The molecule has 2 N–H and O–H groups in total. The van der Waals surface area contributed by atoms with Crippen LogP contribution >= 0.6 is 0 Å². The number of rotatable bonds is 6. The first kappa shape index (κ1) is 15.8. The molecular formula is C16H19N3O3. The summed E-state index contributed by atoms with van der Waals surface area (Å²) in [5.41, 5.74) is 0.497. The van der Waals surface area contributed by atoms with Gasteiger partial charge in [-0.15, -0.1) is 0 Å². The fourth-order valence-corrected chi connectivity index (χ4v) is 1.82. The highest BCUT2D eigenvalue weighted by Crippen LogP contribution is 2.13. The summed E-state index contributed by atoms with van der Waals surface area (Å²) >= 11 is 0. The third-order valence-corrected chi connectivity index (χ3v) is 3.35. The van der Waals surface area contributed by atoms with Gasteiger partial charge in [-0.2, -0.15) is 5.10 Å². The summed E-state index contributed by atoms with van der Waals surface area (Å²) in [6, 6.07) is 9.80. The second-order valence-electron chi connectivity index (χ2n) is 5.78. The molecular weight excluding hydrogens is 282 g/mol. The lowest BCUT2D eigenvalue weighted by Crippen LogP contribution is -2.38. The molecule has 0 saturated carbocycles. The van der Waals surface area contributed by atoms with E-state index in [1.54, 1.807) is 24.7 Å². The lowest BCUT2D eigenvalue weighted by atomic mass is 9.94. The molecule has 0 atom stereocenters. The molecule has 0 unspecified atom stereocenters. The number of aromatic nitrogens is 2. The first-order chi connectivity index (χ1) is 10.4. The van der Waals surface area contributed by atoms with E-state index in [1.165, 1.54) is 6.20 Å². The predicted octanol–water partition coefficient (Wildman–Crippen LogP) is 1.77. The summed E-state index contributed by atoms with van der Waals surface area (Å²) in [4.78, 5) is 23.0. The molecule has 6 nitrogen and oxygen atoms in total. The second-order valence-corrected chi connectivity index (χ2v) is 5.78. The van der Waals surface area contributed by atoms with Crippen molar-refractivity contribution in [3.63, 3.8) is 0 Å². The average molecular weight is 301 g/mol. The highest BCUT2D eigenvalue weighted by Gasteiger charge is 2.27. The maximum absolute atomic E-state index is 12.0. The fraction of sp³-hybridized carbons (Fsp3) is 0.312. The molecule has 1 aromatic carbocycles. The van der Waals surface area contributed by atoms with Crippen molar-refractivity contribution >= 4 is 11.9 Å². The van der Waals surface area contributed by atoms with Gasteiger partial charge in [0.25, 0.3) is 5.91 Å². The molecule has 0 bridgehead atoms. The van der Waals surface area contributed by atoms with Gasteiger partial charge in [0.2, 0.25) is 0 Å². The molecule has 6 heteroatoms. The number of carboxylic acids is 1. The molecule has 1 heterocycles. The van der Waals surface area contributed by atoms with Gasteiger partial charge in [-0.3, -0.25) is 14.3 Å². The van der Waals surface area contributed by atoms with Crippen LogP contribution in [-0.2, 0) is 11.3 Å². The molecule has 2 aromatic rings. The molecule has 0 aliphatic carbocycles. The van der Waals surface area contributed by atoms with Crippen LogP contribution in [0.5, 0.6) is 0 Å². The molecule has 1 amide bonds. The number of aliphatic carboxylic acids is 1. The van der Waals surface area contributed by atoms with Crippen LogP contribution in [-0.4, -0.2) is 33.3 Å². The standard InChI is InChI=1S/C16H19N3O3/c1-16(2,15(21)22)11-17-14(20)13-8-18-19(10-13)9-12-6-4-3-5-7-12/h3-8,10H,9,11H2,1-2H3,(H,17,20)(H,21,22). The molecule has 0 aliphatic rings. The van der Waals surface area contributed by atoms with Crippen molar-refractivity contribution in [1.82, 2.24) is 15.1 Å². The number of carbonyl (C=O) groups excluding carboxylic acids is 1. The molecule has 0 radical (unpaired) electrons.